The van der Waals surface area contributed by atoms with Gasteiger partial charge in [-0.15, -0.1) is 0 Å². The van der Waals surface area contributed by atoms with Crippen LogP contribution in [0.1, 0.15) is 52.9 Å². The van der Waals surface area contributed by atoms with Gasteiger partial charge in [0.15, 0.2) is 0 Å². The van der Waals surface area contributed by atoms with Crippen LogP contribution in [0.2, 0.25) is 0 Å². The Hall–Kier alpha value is -0.860. The maximum absolute atomic E-state index is 12.1. The van der Waals surface area contributed by atoms with Crippen molar-refractivity contribution in [3.8, 4) is 0 Å². The SMILES string of the molecule is CC(C)(C)C(=O)OC12CC3CC(C1)C(=O)C(C3)C2. The lowest BCUT2D eigenvalue weighted by molar-refractivity contribution is -0.196. The fraction of sp³-hybridized carbons (Fsp3) is 0.867. The summed E-state index contributed by atoms with van der Waals surface area (Å²) in [4.78, 5) is 24.2. The molecule has 0 aromatic carbocycles. The normalized spacial score (nSPS) is 42.2. The fourth-order valence-corrected chi connectivity index (χ4v) is 4.15. The number of Topliss-reactive ketones (excluding diaryl/α,β-unsaturated/α-hetero) is 1. The van der Waals surface area contributed by atoms with Crippen molar-refractivity contribution in [3.05, 3.63) is 0 Å². The van der Waals surface area contributed by atoms with Crippen LogP contribution in [0.25, 0.3) is 0 Å². The van der Waals surface area contributed by atoms with Crippen LogP contribution >= 0.6 is 0 Å². The highest BCUT2D eigenvalue weighted by Gasteiger charge is 2.57. The summed E-state index contributed by atoms with van der Waals surface area (Å²) in [5.41, 5.74) is -0.762. The molecule has 0 saturated heterocycles. The number of ether oxygens (including phenoxy) is 1. The Kier molecular flexibility index (Phi) is 2.43. The zero-order chi connectivity index (χ0) is 13.1. The van der Waals surface area contributed by atoms with Crippen LogP contribution in [0.3, 0.4) is 0 Å². The molecule has 4 rings (SSSR count). The van der Waals surface area contributed by atoms with E-state index in [2.05, 4.69) is 0 Å². The Balaban J connectivity index is 1.81. The number of ketones is 1. The molecule has 0 amide bonds. The molecule has 100 valence electrons. The molecule has 0 aliphatic heterocycles. The van der Waals surface area contributed by atoms with Crippen LogP contribution in [0.15, 0.2) is 0 Å². The molecule has 4 bridgehead atoms. The minimum atomic E-state index is -0.451. The van der Waals surface area contributed by atoms with Gasteiger partial charge in [0.1, 0.15) is 11.4 Å². The van der Waals surface area contributed by atoms with Crippen LogP contribution in [0.4, 0.5) is 0 Å². The first kappa shape index (κ1) is 12.2. The Morgan fingerprint density at radius 1 is 1.17 bits per heavy atom. The number of hydrogen-bond donors (Lipinski definition) is 0. The summed E-state index contributed by atoms with van der Waals surface area (Å²) in [5.74, 6) is 1.27. The number of carbonyl (C=O) groups is 2. The molecule has 18 heavy (non-hydrogen) atoms. The van der Waals surface area contributed by atoms with E-state index in [-0.39, 0.29) is 23.4 Å². The van der Waals surface area contributed by atoms with Crippen LogP contribution in [0.5, 0.6) is 0 Å². The van der Waals surface area contributed by atoms with E-state index in [0.29, 0.717) is 11.7 Å². The first-order valence-electron chi connectivity index (χ1n) is 7.06. The molecule has 0 spiro atoms. The molecule has 3 nitrogen and oxygen atoms in total. The molecule has 2 atom stereocenters. The minimum absolute atomic E-state index is 0.114. The van der Waals surface area contributed by atoms with Gasteiger partial charge in [-0.2, -0.15) is 0 Å². The lowest BCUT2D eigenvalue weighted by atomic mass is 9.53. The van der Waals surface area contributed by atoms with E-state index in [1.807, 2.05) is 20.8 Å². The highest BCUT2D eigenvalue weighted by molar-refractivity contribution is 5.86. The van der Waals surface area contributed by atoms with Gasteiger partial charge in [-0.1, -0.05) is 0 Å². The number of hydrogen-bond acceptors (Lipinski definition) is 3. The van der Waals surface area contributed by atoms with Crippen molar-refractivity contribution >= 4 is 11.8 Å². The molecule has 2 unspecified atom stereocenters. The third kappa shape index (κ3) is 1.79. The number of rotatable bonds is 1. The van der Waals surface area contributed by atoms with Crippen molar-refractivity contribution in [2.24, 2.45) is 23.2 Å². The molecule has 4 aliphatic rings. The molecule has 4 aliphatic carbocycles. The fourth-order valence-electron chi connectivity index (χ4n) is 4.15. The lowest BCUT2D eigenvalue weighted by Gasteiger charge is -2.55. The maximum Gasteiger partial charge on any atom is 0.311 e. The third-order valence-corrected chi connectivity index (χ3v) is 4.86. The van der Waals surface area contributed by atoms with Gasteiger partial charge in [0.2, 0.25) is 0 Å². The van der Waals surface area contributed by atoms with Gasteiger partial charge < -0.3 is 4.74 Å². The molecule has 0 aromatic heterocycles. The van der Waals surface area contributed by atoms with E-state index in [9.17, 15) is 9.59 Å². The van der Waals surface area contributed by atoms with Gasteiger partial charge in [-0.3, -0.25) is 9.59 Å². The highest BCUT2D eigenvalue weighted by Crippen LogP contribution is 2.55. The number of carbonyl (C=O) groups excluding carboxylic acids is 2. The molecular formula is C15H22O3. The van der Waals surface area contributed by atoms with E-state index >= 15 is 0 Å². The summed E-state index contributed by atoms with van der Waals surface area (Å²) in [6, 6.07) is 0. The summed E-state index contributed by atoms with van der Waals surface area (Å²) < 4.78 is 5.87. The van der Waals surface area contributed by atoms with Gasteiger partial charge in [-0.25, -0.2) is 0 Å². The second-order valence-corrected chi connectivity index (χ2v) is 7.57. The molecule has 0 radical (unpaired) electrons. The van der Waals surface area contributed by atoms with Crippen molar-refractivity contribution in [2.75, 3.05) is 0 Å². The summed E-state index contributed by atoms with van der Waals surface area (Å²) >= 11 is 0. The topological polar surface area (TPSA) is 43.4 Å². The summed E-state index contributed by atoms with van der Waals surface area (Å²) in [6.45, 7) is 5.67. The average Bonchev–Trinajstić information content (AvgIpc) is 2.22. The van der Waals surface area contributed by atoms with Crippen LogP contribution in [0, 0.1) is 23.2 Å². The van der Waals surface area contributed by atoms with Gasteiger partial charge in [0.25, 0.3) is 0 Å². The molecule has 4 saturated carbocycles. The van der Waals surface area contributed by atoms with Crippen molar-refractivity contribution in [1.82, 2.24) is 0 Å². The predicted octanol–water partition coefficient (Wildman–Crippen LogP) is 2.72. The van der Waals surface area contributed by atoms with Crippen molar-refractivity contribution in [2.45, 2.75) is 58.5 Å². The second-order valence-electron chi connectivity index (χ2n) is 7.57. The first-order chi connectivity index (χ1) is 8.29. The zero-order valence-corrected chi connectivity index (χ0v) is 11.5. The summed E-state index contributed by atoms with van der Waals surface area (Å²) in [6.07, 6.45) is 4.60. The van der Waals surface area contributed by atoms with Crippen LogP contribution < -0.4 is 0 Å². The predicted molar refractivity (Wildman–Crippen MR) is 66.8 cm³/mol. The molecular weight excluding hydrogens is 228 g/mol. The van der Waals surface area contributed by atoms with Crippen LogP contribution in [-0.2, 0) is 14.3 Å². The minimum Gasteiger partial charge on any atom is -0.459 e. The Morgan fingerprint density at radius 2 is 1.72 bits per heavy atom. The average molecular weight is 250 g/mol. The van der Waals surface area contributed by atoms with Crippen molar-refractivity contribution in [3.63, 3.8) is 0 Å². The zero-order valence-electron chi connectivity index (χ0n) is 11.5. The van der Waals surface area contributed by atoms with E-state index in [1.165, 1.54) is 0 Å². The molecule has 3 heteroatoms. The van der Waals surface area contributed by atoms with Gasteiger partial charge in [0.05, 0.1) is 5.41 Å². The third-order valence-electron chi connectivity index (χ3n) is 4.86. The van der Waals surface area contributed by atoms with Crippen molar-refractivity contribution in [1.29, 1.82) is 0 Å². The van der Waals surface area contributed by atoms with Gasteiger partial charge in [0, 0.05) is 11.8 Å². The van der Waals surface area contributed by atoms with Gasteiger partial charge in [-0.05, 0) is 58.8 Å². The summed E-state index contributed by atoms with van der Waals surface area (Å²) in [5, 5.41) is 0. The Bertz CT molecular complexity index is 386. The quantitative estimate of drug-likeness (QED) is 0.672. The Morgan fingerprint density at radius 3 is 2.22 bits per heavy atom. The van der Waals surface area contributed by atoms with Crippen LogP contribution in [-0.4, -0.2) is 17.4 Å². The lowest BCUT2D eigenvalue weighted by Crippen LogP contribution is -2.57. The van der Waals surface area contributed by atoms with Gasteiger partial charge >= 0.3 is 5.97 Å². The molecule has 0 heterocycles. The van der Waals surface area contributed by atoms with E-state index < -0.39 is 5.41 Å². The van der Waals surface area contributed by atoms with E-state index in [4.69, 9.17) is 4.74 Å². The molecule has 0 N–H and O–H groups in total. The molecule has 4 fully saturated rings. The molecule has 0 aromatic rings. The largest absolute Gasteiger partial charge is 0.459 e. The van der Waals surface area contributed by atoms with Crippen molar-refractivity contribution < 1.29 is 14.3 Å². The monoisotopic (exact) mass is 250 g/mol. The Labute approximate surface area is 108 Å². The smallest absolute Gasteiger partial charge is 0.311 e. The first-order valence-corrected chi connectivity index (χ1v) is 7.06. The van der Waals surface area contributed by atoms with E-state index in [0.717, 1.165) is 32.1 Å². The highest BCUT2D eigenvalue weighted by atomic mass is 16.6. The number of esters is 1. The second kappa shape index (κ2) is 3.58. The van der Waals surface area contributed by atoms with E-state index in [1.54, 1.807) is 0 Å². The standard InChI is InChI=1S/C15H22O3/c1-14(2,3)13(17)18-15-6-9-4-10(7-15)12(16)11(5-9)8-15/h9-11H,4-8H2,1-3H3. The maximum atomic E-state index is 12.1. The summed E-state index contributed by atoms with van der Waals surface area (Å²) in [7, 11) is 0.